The molecular formula is C17H15F2NO3. The van der Waals surface area contributed by atoms with Crippen LogP contribution < -0.4 is 5.32 Å². The number of esters is 1. The average Bonchev–Trinajstić information content (AvgIpc) is 2.49. The number of amides is 1. The first-order chi connectivity index (χ1) is 10.9. The first-order valence-corrected chi connectivity index (χ1v) is 6.94. The number of carbonyl (C=O) groups excluding carboxylic acids is 2. The van der Waals surface area contributed by atoms with Gasteiger partial charge in [0.15, 0.2) is 6.10 Å². The van der Waals surface area contributed by atoms with Crippen molar-refractivity contribution in [3.05, 3.63) is 65.7 Å². The van der Waals surface area contributed by atoms with Gasteiger partial charge >= 0.3 is 5.97 Å². The Kier molecular flexibility index (Phi) is 5.41. The Morgan fingerprint density at radius 1 is 1.09 bits per heavy atom. The van der Waals surface area contributed by atoms with Crippen LogP contribution in [-0.4, -0.2) is 18.0 Å². The number of hydrogen-bond acceptors (Lipinski definition) is 3. The molecule has 0 saturated heterocycles. The maximum atomic E-state index is 13.0. The number of nitrogens with one attached hydrogen (secondary N) is 1. The highest BCUT2D eigenvalue weighted by Gasteiger charge is 2.18. The molecule has 2 rings (SSSR count). The first kappa shape index (κ1) is 16.6. The minimum absolute atomic E-state index is 0.133. The SMILES string of the molecule is C[C@@H](OC(=O)Cc1cccc(F)c1)C(=O)Nc1ccc(F)cc1. The lowest BCUT2D eigenvalue weighted by molar-refractivity contribution is -0.152. The molecule has 1 amide bonds. The molecule has 0 aromatic heterocycles. The van der Waals surface area contributed by atoms with Gasteiger partial charge in [0.1, 0.15) is 11.6 Å². The summed E-state index contributed by atoms with van der Waals surface area (Å²) in [6.45, 7) is 1.42. The van der Waals surface area contributed by atoms with E-state index in [4.69, 9.17) is 4.74 Å². The molecule has 0 aliphatic heterocycles. The molecule has 0 spiro atoms. The van der Waals surface area contributed by atoms with Crippen LogP contribution in [0.4, 0.5) is 14.5 Å². The molecule has 4 nitrogen and oxygen atoms in total. The summed E-state index contributed by atoms with van der Waals surface area (Å²) in [4.78, 5) is 23.7. The number of benzene rings is 2. The van der Waals surface area contributed by atoms with Gasteiger partial charge in [-0.1, -0.05) is 12.1 Å². The molecule has 1 N–H and O–H groups in total. The molecule has 120 valence electrons. The van der Waals surface area contributed by atoms with Crippen molar-refractivity contribution in [3.63, 3.8) is 0 Å². The molecule has 0 fully saturated rings. The molecule has 1 atom stereocenters. The van der Waals surface area contributed by atoms with Gasteiger partial charge in [-0.2, -0.15) is 0 Å². The number of hydrogen-bond donors (Lipinski definition) is 1. The molecular weight excluding hydrogens is 304 g/mol. The zero-order valence-electron chi connectivity index (χ0n) is 12.4. The smallest absolute Gasteiger partial charge is 0.311 e. The van der Waals surface area contributed by atoms with E-state index in [1.165, 1.54) is 49.4 Å². The maximum absolute atomic E-state index is 13.0. The van der Waals surface area contributed by atoms with Crippen molar-refractivity contribution in [1.29, 1.82) is 0 Å². The molecule has 6 heteroatoms. The topological polar surface area (TPSA) is 55.4 Å². The molecule has 0 heterocycles. The molecule has 2 aromatic rings. The fourth-order valence-corrected chi connectivity index (χ4v) is 1.88. The fourth-order valence-electron chi connectivity index (χ4n) is 1.88. The normalized spacial score (nSPS) is 11.6. The Balaban J connectivity index is 1.87. The van der Waals surface area contributed by atoms with Crippen molar-refractivity contribution >= 4 is 17.6 Å². The summed E-state index contributed by atoms with van der Waals surface area (Å²) in [5, 5.41) is 2.50. The fraction of sp³-hybridized carbons (Fsp3) is 0.176. The van der Waals surface area contributed by atoms with Crippen LogP contribution in [0.3, 0.4) is 0 Å². The quantitative estimate of drug-likeness (QED) is 0.862. The summed E-state index contributed by atoms with van der Waals surface area (Å²) >= 11 is 0. The average molecular weight is 319 g/mol. The molecule has 0 aliphatic carbocycles. The predicted molar refractivity (Wildman–Crippen MR) is 80.7 cm³/mol. The van der Waals surface area contributed by atoms with Gasteiger partial charge in [-0.3, -0.25) is 9.59 Å². The van der Waals surface area contributed by atoms with Crippen molar-refractivity contribution in [3.8, 4) is 0 Å². The number of ether oxygens (including phenoxy) is 1. The highest BCUT2D eigenvalue weighted by molar-refractivity contribution is 5.95. The number of carbonyl (C=O) groups is 2. The lowest BCUT2D eigenvalue weighted by Crippen LogP contribution is -2.30. The summed E-state index contributed by atoms with van der Waals surface area (Å²) in [5.74, 6) is -2.04. The minimum atomic E-state index is -1.03. The highest BCUT2D eigenvalue weighted by Crippen LogP contribution is 2.10. The Morgan fingerprint density at radius 3 is 2.43 bits per heavy atom. The van der Waals surface area contributed by atoms with Gasteiger partial charge in [0, 0.05) is 5.69 Å². The Hall–Kier alpha value is -2.76. The summed E-state index contributed by atoms with van der Waals surface area (Å²) < 4.78 is 30.8. The third-order valence-corrected chi connectivity index (χ3v) is 3.03. The van der Waals surface area contributed by atoms with E-state index in [2.05, 4.69) is 5.32 Å². The number of halogens is 2. The standard InChI is InChI=1S/C17H15F2NO3/c1-11(17(22)20-15-7-5-13(18)6-8-15)23-16(21)10-12-3-2-4-14(19)9-12/h2-9,11H,10H2,1H3,(H,20,22)/t11-/m1/s1. The van der Waals surface area contributed by atoms with Crippen LogP contribution in [0.1, 0.15) is 12.5 Å². The van der Waals surface area contributed by atoms with Gasteiger partial charge in [0.2, 0.25) is 0 Å². The van der Waals surface area contributed by atoms with E-state index in [0.717, 1.165) is 0 Å². The van der Waals surface area contributed by atoms with Crippen molar-refractivity contribution in [2.24, 2.45) is 0 Å². The zero-order chi connectivity index (χ0) is 16.8. The van der Waals surface area contributed by atoms with E-state index in [1.54, 1.807) is 6.07 Å². The number of rotatable bonds is 5. The molecule has 0 unspecified atom stereocenters. The molecule has 0 radical (unpaired) electrons. The summed E-state index contributed by atoms with van der Waals surface area (Å²) in [5.41, 5.74) is 0.852. The summed E-state index contributed by atoms with van der Waals surface area (Å²) in [6, 6.07) is 10.8. The van der Waals surface area contributed by atoms with E-state index in [9.17, 15) is 18.4 Å². The van der Waals surface area contributed by atoms with Gasteiger partial charge in [0.05, 0.1) is 6.42 Å². The van der Waals surface area contributed by atoms with Crippen molar-refractivity contribution < 1.29 is 23.1 Å². The second-order valence-corrected chi connectivity index (χ2v) is 4.93. The lowest BCUT2D eigenvalue weighted by atomic mass is 10.1. The monoisotopic (exact) mass is 319 g/mol. The van der Waals surface area contributed by atoms with Crippen LogP contribution in [0.15, 0.2) is 48.5 Å². The van der Waals surface area contributed by atoms with E-state index in [1.807, 2.05) is 0 Å². The molecule has 23 heavy (non-hydrogen) atoms. The third kappa shape index (κ3) is 5.18. The van der Waals surface area contributed by atoms with Gasteiger partial charge in [-0.15, -0.1) is 0 Å². The molecule has 0 saturated carbocycles. The largest absolute Gasteiger partial charge is 0.452 e. The van der Waals surface area contributed by atoms with Crippen LogP contribution >= 0.6 is 0 Å². The van der Waals surface area contributed by atoms with Gasteiger partial charge in [0.25, 0.3) is 5.91 Å². The maximum Gasteiger partial charge on any atom is 0.311 e. The minimum Gasteiger partial charge on any atom is -0.452 e. The molecule has 2 aromatic carbocycles. The van der Waals surface area contributed by atoms with E-state index >= 15 is 0 Å². The van der Waals surface area contributed by atoms with E-state index < -0.39 is 29.6 Å². The zero-order valence-corrected chi connectivity index (χ0v) is 12.4. The first-order valence-electron chi connectivity index (χ1n) is 6.94. The lowest BCUT2D eigenvalue weighted by Gasteiger charge is -2.13. The Morgan fingerprint density at radius 2 is 1.78 bits per heavy atom. The second-order valence-electron chi connectivity index (χ2n) is 4.93. The summed E-state index contributed by atoms with van der Waals surface area (Å²) in [7, 11) is 0. The van der Waals surface area contributed by atoms with Gasteiger partial charge < -0.3 is 10.1 Å². The molecule has 0 bridgehead atoms. The van der Waals surface area contributed by atoms with Crippen molar-refractivity contribution in [2.75, 3.05) is 5.32 Å². The van der Waals surface area contributed by atoms with Crippen LogP contribution in [0, 0.1) is 11.6 Å². The van der Waals surface area contributed by atoms with Crippen LogP contribution in [0.2, 0.25) is 0 Å². The Labute approximate surface area is 132 Å². The van der Waals surface area contributed by atoms with Crippen molar-refractivity contribution in [1.82, 2.24) is 0 Å². The predicted octanol–water partition coefficient (Wildman–Crippen LogP) is 3.08. The second kappa shape index (κ2) is 7.49. The third-order valence-electron chi connectivity index (χ3n) is 3.03. The number of anilines is 1. The van der Waals surface area contributed by atoms with Gasteiger partial charge in [-0.05, 0) is 48.9 Å². The van der Waals surface area contributed by atoms with Crippen molar-refractivity contribution in [2.45, 2.75) is 19.4 Å². The van der Waals surface area contributed by atoms with E-state index in [-0.39, 0.29) is 6.42 Å². The van der Waals surface area contributed by atoms with E-state index in [0.29, 0.717) is 11.3 Å². The van der Waals surface area contributed by atoms with Crippen LogP contribution in [-0.2, 0) is 20.7 Å². The highest BCUT2D eigenvalue weighted by atomic mass is 19.1. The molecule has 0 aliphatic rings. The summed E-state index contributed by atoms with van der Waals surface area (Å²) in [6.07, 6.45) is -1.16. The van der Waals surface area contributed by atoms with Crippen LogP contribution in [0.5, 0.6) is 0 Å². The van der Waals surface area contributed by atoms with Crippen LogP contribution in [0.25, 0.3) is 0 Å². The van der Waals surface area contributed by atoms with Gasteiger partial charge in [-0.25, -0.2) is 8.78 Å². The Bertz CT molecular complexity index is 701.